The quantitative estimate of drug-likeness (QED) is 0.255. The summed E-state index contributed by atoms with van der Waals surface area (Å²) in [7, 11) is 1.70. The van der Waals surface area contributed by atoms with Gasteiger partial charge in [-0.1, -0.05) is 30.3 Å². The fourth-order valence-electron chi connectivity index (χ4n) is 2.86. The van der Waals surface area contributed by atoms with Crippen molar-refractivity contribution in [1.82, 2.24) is 20.0 Å². The van der Waals surface area contributed by atoms with Crippen LogP contribution in [0.5, 0.6) is 0 Å². The van der Waals surface area contributed by atoms with Crippen molar-refractivity contribution >= 4 is 35.6 Å². The van der Waals surface area contributed by atoms with E-state index in [1.807, 2.05) is 47.1 Å². The number of aromatic nitrogens is 2. The van der Waals surface area contributed by atoms with Crippen molar-refractivity contribution in [3.05, 3.63) is 71.7 Å². The molecule has 0 spiro atoms. The zero-order chi connectivity index (χ0) is 21.4. The molecule has 0 saturated carbocycles. The van der Waals surface area contributed by atoms with E-state index in [9.17, 15) is 13.2 Å². The molecule has 1 aromatic carbocycles. The Hall–Kier alpha value is -2.34. The van der Waals surface area contributed by atoms with E-state index in [1.54, 1.807) is 19.2 Å². The van der Waals surface area contributed by atoms with Crippen molar-refractivity contribution in [3.8, 4) is 0 Å². The Kier molecular flexibility index (Phi) is 9.56. The first-order chi connectivity index (χ1) is 14.4. The molecule has 0 aliphatic carbocycles. The summed E-state index contributed by atoms with van der Waals surface area (Å²) in [5.74, 6) is 0.663. The summed E-state index contributed by atoms with van der Waals surface area (Å²) >= 11 is 0. The Morgan fingerprint density at radius 3 is 2.52 bits per heavy atom. The largest absolute Gasteiger partial charge is 0.411 e. The minimum absolute atomic E-state index is 0. The van der Waals surface area contributed by atoms with Gasteiger partial charge in [0.25, 0.3) is 0 Å². The molecule has 168 valence electrons. The molecule has 0 saturated heterocycles. The fraction of sp³-hybridized carbons (Fsp3) is 0.333. The molecule has 0 bridgehead atoms. The molecule has 2 heterocycles. The van der Waals surface area contributed by atoms with Gasteiger partial charge in [-0.3, -0.25) is 4.99 Å². The van der Waals surface area contributed by atoms with Gasteiger partial charge in [-0.05, 0) is 23.3 Å². The van der Waals surface area contributed by atoms with E-state index < -0.39 is 12.8 Å². The number of fused-ring (bicyclic) bond motifs is 1. The lowest BCUT2D eigenvalue weighted by molar-refractivity contribution is -0.176. The average molecular weight is 547 g/mol. The maximum Gasteiger partial charge on any atom is 0.411 e. The SMILES string of the molecule is CN=C(NCCc1cn2ccccc2n1)NCc1ccc(COCC(F)(F)F)cc1.I. The van der Waals surface area contributed by atoms with Gasteiger partial charge in [0.2, 0.25) is 0 Å². The van der Waals surface area contributed by atoms with Crippen LogP contribution < -0.4 is 10.6 Å². The van der Waals surface area contributed by atoms with E-state index in [2.05, 4.69) is 25.3 Å². The van der Waals surface area contributed by atoms with Gasteiger partial charge in [-0.25, -0.2) is 4.98 Å². The summed E-state index contributed by atoms with van der Waals surface area (Å²) in [4.78, 5) is 8.76. The number of guanidine groups is 1. The lowest BCUT2D eigenvalue weighted by Gasteiger charge is -2.12. The monoisotopic (exact) mass is 547 g/mol. The molecule has 3 aromatic rings. The van der Waals surface area contributed by atoms with Gasteiger partial charge in [-0.2, -0.15) is 13.2 Å². The Balaban J connectivity index is 0.00000341. The van der Waals surface area contributed by atoms with Crippen LogP contribution in [0.15, 0.2) is 59.9 Å². The first-order valence-corrected chi connectivity index (χ1v) is 9.52. The lowest BCUT2D eigenvalue weighted by Crippen LogP contribution is -2.37. The Morgan fingerprint density at radius 2 is 1.84 bits per heavy atom. The van der Waals surface area contributed by atoms with Crippen molar-refractivity contribution in [1.29, 1.82) is 0 Å². The van der Waals surface area contributed by atoms with Crippen LogP contribution in [0.3, 0.4) is 0 Å². The fourth-order valence-corrected chi connectivity index (χ4v) is 2.86. The van der Waals surface area contributed by atoms with E-state index in [4.69, 9.17) is 0 Å². The third kappa shape index (κ3) is 8.37. The zero-order valence-corrected chi connectivity index (χ0v) is 19.4. The number of nitrogens with zero attached hydrogens (tertiary/aromatic N) is 3. The summed E-state index contributed by atoms with van der Waals surface area (Å²) in [6.07, 6.45) is 0.424. The Bertz CT molecular complexity index is 940. The van der Waals surface area contributed by atoms with Crippen LogP contribution >= 0.6 is 24.0 Å². The third-order valence-electron chi connectivity index (χ3n) is 4.33. The van der Waals surface area contributed by atoms with Crippen molar-refractivity contribution in [2.45, 2.75) is 25.7 Å². The number of nitrogens with one attached hydrogen (secondary N) is 2. The van der Waals surface area contributed by atoms with Gasteiger partial charge >= 0.3 is 6.18 Å². The number of hydrogen-bond donors (Lipinski definition) is 2. The highest BCUT2D eigenvalue weighted by Gasteiger charge is 2.27. The molecule has 0 radical (unpaired) electrons. The van der Waals surface area contributed by atoms with E-state index >= 15 is 0 Å². The number of hydrogen-bond acceptors (Lipinski definition) is 3. The smallest absolute Gasteiger partial charge is 0.367 e. The molecule has 0 aliphatic rings. The Morgan fingerprint density at radius 1 is 1.10 bits per heavy atom. The van der Waals surface area contributed by atoms with Gasteiger partial charge in [-0.15, -0.1) is 24.0 Å². The standard InChI is InChI=1S/C21H24F3N5O.HI/c1-25-20(26-10-9-18-13-29-11-3-2-4-19(29)28-18)27-12-16-5-7-17(8-6-16)14-30-15-21(22,23)24;/h2-8,11,13H,9-10,12,14-15H2,1H3,(H2,25,26,27);1H. The molecule has 0 amide bonds. The van der Waals surface area contributed by atoms with Crippen LogP contribution in [0.25, 0.3) is 5.65 Å². The lowest BCUT2D eigenvalue weighted by atomic mass is 10.1. The maximum atomic E-state index is 12.1. The second-order valence-corrected chi connectivity index (χ2v) is 6.73. The van der Waals surface area contributed by atoms with Crippen molar-refractivity contribution in [2.24, 2.45) is 4.99 Å². The van der Waals surface area contributed by atoms with Gasteiger partial charge in [0.05, 0.1) is 12.3 Å². The molecular formula is C21H25F3IN5O. The predicted molar refractivity (Wildman–Crippen MR) is 125 cm³/mol. The number of pyridine rings is 1. The third-order valence-corrected chi connectivity index (χ3v) is 4.33. The van der Waals surface area contributed by atoms with Crippen LogP contribution in [0.2, 0.25) is 0 Å². The highest BCUT2D eigenvalue weighted by molar-refractivity contribution is 14.0. The second kappa shape index (κ2) is 11.9. The van der Waals surface area contributed by atoms with E-state index in [0.717, 1.165) is 23.3 Å². The summed E-state index contributed by atoms with van der Waals surface area (Å²) in [6.45, 7) is -0.0937. The Labute approximate surface area is 195 Å². The molecule has 31 heavy (non-hydrogen) atoms. The molecular weight excluding hydrogens is 522 g/mol. The molecule has 2 aromatic heterocycles. The van der Waals surface area contributed by atoms with Crippen molar-refractivity contribution < 1.29 is 17.9 Å². The van der Waals surface area contributed by atoms with Crippen LogP contribution in [0, 0.1) is 0 Å². The molecule has 2 N–H and O–H groups in total. The van der Waals surface area contributed by atoms with Gasteiger partial charge in [0.1, 0.15) is 12.3 Å². The zero-order valence-electron chi connectivity index (χ0n) is 17.0. The number of rotatable bonds is 8. The summed E-state index contributed by atoms with van der Waals surface area (Å²) in [6, 6.07) is 13.1. The number of imidazole rings is 1. The van der Waals surface area contributed by atoms with Crippen LogP contribution in [0.1, 0.15) is 16.8 Å². The first-order valence-electron chi connectivity index (χ1n) is 9.52. The molecule has 0 aliphatic heterocycles. The summed E-state index contributed by atoms with van der Waals surface area (Å²) < 4.78 is 43.0. The number of alkyl halides is 3. The van der Waals surface area contributed by atoms with E-state index in [-0.39, 0.29) is 30.6 Å². The topological polar surface area (TPSA) is 63.0 Å². The number of halogens is 4. The number of benzene rings is 1. The van der Waals surface area contributed by atoms with Crippen molar-refractivity contribution in [3.63, 3.8) is 0 Å². The van der Waals surface area contributed by atoms with Crippen LogP contribution in [0.4, 0.5) is 13.2 Å². The second-order valence-electron chi connectivity index (χ2n) is 6.73. The highest BCUT2D eigenvalue weighted by Crippen LogP contribution is 2.15. The van der Waals surface area contributed by atoms with E-state index in [0.29, 0.717) is 24.6 Å². The average Bonchev–Trinajstić information content (AvgIpc) is 3.13. The normalized spacial score (nSPS) is 11.9. The summed E-state index contributed by atoms with van der Waals surface area (Å²) in [5, 5.41) is 6.46. The highest BCUT2D eigenvalue weighted by atomic mass is 127. The molecule has 10 heteroatoms. The maximum absolute atomic E-state index is 12.1. The molecule has 3 rings (SSSR count). The van der Waals surface area contributed by atoms with Crippen molar-refractivity contribution in [2.75, 3.05) is 20.2 Å². The minimum atomic E-state index is -4.31. The molecule has 0 atom stereocenters. The van der Waals surface area contributed by atoms with Gasteiger partial charge in [0, 0.05) is 39.0 Å². The first kappa shape index (κ1) is 24.9. The number of aliphatic imine (C=N–C) groups is 1. The number of ether oxygens (including phenoxy) is 1. The minimum Gasteiger partial charge on any atom is -0.367 e. The predicted octanol–water partition coefficient (Wildman–Crippen LogP) is 3.94. The molecule has 0 unspecified atom stereocenters. The van der Waals surface area contributed by atoms with E-state index in [1.165, 1.54) is 0 Å². The van der Waals surface area contributed by atoms with Gasteiger partial charge < -0.3 is 19.8 Å². The van der Waals surface area contributed by atoms with Gasteiger partial charge in [0.15, 0.2) is 5.96 Å². The van der Waals surface area contributed by atoms with Crippen LogP contribution in [-0.2, 0) is 24.3 Å². The summed E-state index contributed by atoms with van der Waals surface area (Å²) in [5.41, 5.74) is 3.59. The molecule has 6 nitrogen and oxygen atoms in total. The molecule has 0 fully saturated rings. The van der Waals surface area contributed by atoms with Crippen LogP contribution in [-0.4, -0.2) is 41.7 Å².